The first kappa shape index (κ1) is 18.8. The highest BCUT2D eigenvalue weighted by Gasteiger charge is 2.31. The second-order valence-electron chi connectivity index (χ2n) is 6.68. The van der Waals surface area contributed by atoms with E-state index in [0.717, 1.165) is 23.8 Å². The second-order valence-corrected chi connectivity index (χ2v) is 9.99. The van der Waals surface area contributed by atoms with Crippen LogP contribution in [0.1, 0.15) is 54.8 Å². The lowest BCUT2D eigenvalue weighted by Crippen LogP contribution is -2.28. The molecule has 1 aromatic rings. The Hall–Kier alpha value is -0.990. The molecule has 25 heavy (non-hydrogen) atoms. The fourth-order valence-corrected chi connectivity index (χ4v) is 6.33. The van der Waals surface area contributed by atoms with Crippen molar-refractivity contribution in [2.75, 3.05) is 25.4 Å². The molecule has 1 aliphatic heterocycles. The van der Waals surface area contributed by atoms with E-state index in [2.05, 4.69) is 5.32 Å². The molecule has 8 heteroatoms. The molecule has 1 aliphatic carbocycles. The third kappa shape index (κ3) is 4.41. The van der Waals surface area contributed by atoms with Gasteiger partial charge in [-0.2, -0.15) is 16.1 Å². The number of hydrogen-bond acceptors (Lipinski definition) is 5. The van der Waals surface area contributed by atoms with Crippen molar-refractivity contribution in [3.63, 3.8) is 0 Å². The standard InChI is InChI=1S/C17H26N2O4S2/c1-13-16(25(21,22)19-9-4-5-10-19)12-15(23-13)17(20)18-8-11-24-14-6-2-3-7-14/h12,14H,2-11H2,1H3,(H,18,20). The molecule has 1 saturated heterocycles. The Morgan fingerprint density at radius 3 is 2.64 bits per heavy atom. The van der Waals surface area contributed by atoms with Gasteiger partial charge in [0.05, 0.1) is 0 Å². The normalized spacial score (nSPS) is 19.6. The van der Waals surface area contributed by atoms with Gasteiger partial charge in [0, 0.05) is 36.7 Å². The molecule has 0 atom stereocenters. The topological polar surface area (TPSA) is 79.6 Å². The minimum atomic E-state index is -3.56. The molecular weight excluding hydrogens is 360 g/mol. The summed E-state index contributed by atoms with van der Waals surface area (Å²) in [4.78, 5) is 12.3. The van der Waals surface area contributed by atoms with Crippen molar-refractivity contribution in [3.05, 3.63) is 17.6 Å². The smallest absolute Gasteiger partial charge is 0.287 e. The zero-order valence-corrected chi connectivity index (χ0v) is 16.3. The number of rotatable bonds is 7. The summed E-state index contributed by atoms with van der Waals surface area (Å²) < 4.78 is 32.2. The molecular formula is C17H26N2O4S2. The van der Waals surface area contributed by atoms with Crippen LogP contribution in [0.3, 0.4) is 0 Å². The number of amides is 1. The van der Waals surface area contributed by atoms with Crippen molar-refractivity contribution >= 4 is 27.7 Å². The molecule has 0 bridgehead atoms. The van der Waals surface area contributed by atoms with E-state index in [1.54, 1.807) is 6.92 Å². The predicted octanol–water partition coefficient (Wildman–Crippen LogP) is 2.78. The molecule has 6 nitrogen and oxygen atoms in total. The molecule has 3 rings (SSSR count). The number of sulfonamides is 1. The Labute approximate surface area is 153 Å². The molecule has 0 spiro atoms. The van der Waals surface area contributed by atoms with E-state index in [0.29, 0.717) is 19.6 Å². The number of nitrogens with zero attached hydrogens (tertiary/aromatic N) is 1. The average Bonchev–Trinajstić information content (AvgIpc) is 3.31. The van der Waals surface area contributed by atoms with Gasteiger partial charge >= 0.3 is 0 Å². The third-order valence-electron chi connectivity index (χ3n) is 4.82. The Kier molecular flexibility index (Phi) is 6.12. The summed E-state index contributed by atoms with van der Waals surface area (Å²) in [5, 5.41) is 3.54. The number of aryl methyl sites for hydroxylation is 1. The quantitative estimate of drug-likeness (QED) is 0.729. The van der Waals surface area contributed by atoms with E-state index in [1.165, 1.54) is 36.1 Å². The van der Waals surface area contributed by atoms with Gasteiger partial charge in [-0.05, 0) is 32.6 Å². The summed E-state index contributed by atoms with van der Waals surface area (Å²) >= 11 is 1.90. The van der Waals surface area contributed by atoms with Gasteiger partial charge in [-0.15, -0.1) is 0 Å². The van der Waals surface area contributed by atoms with Gasteiger partial charge in [0.25, 0.3) is 5.91 Å². The van der Waals surface area contributed by atoms with Crippen LogP contribution in [0.2, 0.25) is 0 Å². The largest absolute Gasteiger partial charge is 0.455 e. The maximum absolute atomic E-state index is 12.6. The van der Waals surface area contributed by atoms with Crippen molar-refractivity contribution in [3.8, 4) is 0 Å². The predicted molar refractivity (Wildman–Crippen MR) is 98.5 cm³/mol. The highest BCUT2D eigenvalue weighted by Crippen LogP contribution is 2.29. The summed E-state index contributed by atoms with van der Waals surface area (Å²) in [5.41, 5.74) is 0. The highest BCUT2D eigenvalue weighted by molar-refractivity contribution is 7.99. The highest BCUT2D eigenvalue weighted by atomic mass is 32.2. The van der Waals surface area contributed by atoms with Crippen LogP contribution in [-0.2, 0) is 10.0 Å². The van der Waals surface area contributed by atoms with Gasteiger partial charge in [-0.25, -0.2) is 8.42 Å². The van der Waals surface area contributed by atoms with Gasteiger partial charge in [0.1, 0.15) is 10.7 Å². The van der Waals surface area contributed by atoms with E-state index in [-0.39, 0.29) is 22.3 Å². The second kappa shape index (κ2) is 8.14. The van der Waals surface area contributed by atoms with Crippen molar-refractivity contribution < 1.29 is 17.6 Å². The zero-order chi connectivity index (χ0) is 17.9. The van der Waals surface area contributed by atoms with E-state index < -0.39 is 10.0 Å². The maximum Gasteiger partial charge on any atom is 0.287 e. The van der Waals surface area contributed by atoms with E-state index >= 15 is 0 Å². The maximum atomic E-state index is 12.6. The number of thioether (sulfide) groups is 1. The summed E-state index contributed by atoms with van der Waals surface area (Å²) in [6.45, 7) is 3.23. The summed E-state index contributed by atoms with van der Waals surface area (Å²) in [6, 6.07) is 1.36. The summed E-state index contributed by atoms with van der Waals surface area (Å²) in [5.74, 6) is 0.867. The minimum absolute atomic E-state index is 0.0705. The van der Waals surface area contributed by atoms with E-state index in [4.69, 9.17) is 4.42 Å². The number of carbonyl (C=O) groups is 1. The van der Waals surface area contributed by atoms with Gasteiger partial charge in [0.2, 0.25) is 10.0 Å². The van der Waals surface area contributed by atoms with Crippen LogP contribution < -0.4 is 5.32 Å². The number of hydrogen-bond donors (Lipinski definition) is 1. The van der Waals surface area contributed by atoms with Crippen molar-refractivity contribution in [2.24, 2.45) is 0 Å². The van der Waals surface area contributed by atoms with Gasteiger partial charge < -0.3 is 9.73 Å². The molecule has 1 aromatic heterocycles. The number of furan rings is 1. The van der Waals surface area contributed by atoms with E-state index in [9.17, 15) is 13.2 Å². The number of carbonyl (C=O) groups excluding carboxylic acids is 1. The van der Waals surface area contributed by atoms with Crippen molar-refractivity contribution in [1.29, 1.82) is 0 Å². The first-order chi connectivity index (χ1) is 12.0. The van der Waals surface area contributed by atoms with Crippen LogP contribution >= 0.6 is 11.8 Å². The fraction of sp³-hybridized carbons (Fsp3) is 0.706. The van der Waals surface area contributed by atoms with Crippen LogP contribution in [0.5, 0.6) is 0 Å². The Balaban J connectivity index is 1.56. The van der Waals surface area contributed by atoms with E-state index in [1.807, 2.05) is 11.8 Å². The summed E-state index contributed by atoms with van der Waals surface area (Å²) in [6.07, 6.45) is 6.92. The Morgan fingerprint density at radius 2 is 1.96 bits per heavy atom. The minimum Gasteiger partial charge on any atom is -0.455 e. The zero-order valence-electron chi connectivity index (χ0n) is 14.6. The van der Waals surface area contributed by atoms with Gasteiger partial charge in [0.15, 0.2) is 5.76 Å². The summed E-state index contributed by atoms with van der Waals surface area (Å²) in [7, 11) is -3.56. The first-order valence-electron chi connectivity index (χ1n) is 8.99. The molecule has 1 saturated carbocycles. The van der Waals surface area contributed by atoms with Crippen molar-refractivity contribution in [2.45, 2.75) is 55.6 Å². The Morgan fingerprint density at radius 1 is 1.28 bits per heavy atom. The molecule has 140 valence electrons. The SMILES string of the molecule is Cc1oc(C(=O)NCCSC2CCCC2)cc1S(=O)(=O)N1CCCC1. The third-order valence-corrected chi connectivity index (χ3v) is 8.21. The molecule has 2 aliphatic rings. The first-order valence-corrected chi connectivity index (χ1v) is 11.5. The lowest BCUT2D eigenvalue weighted by Gasteiger charge is -2.14. The van der Waals surface area contributed by atoms with Gasteiger partial charge in [-0.3, -0.25) is 4.79 Å². The average molecular weight is 387 g/mol. The van der Waals surface area contributed by atoms with Crippen molar-refractivity contribution in [1.82, 2.24) is 9.62 Å². The molecule has 0 unspecified atom stereocenters. The molecule has 2 fully saturated rings. The fourth-order valence-electron chi connectivity index (χ4n) is 3.43. The molecule has 1 amide bonds. The van der Waals surface area contributed by atoms with Crippen LogP contribution in [0.4, 0.5) is 0 Å². The lowest BCUT2D eigenvalue weighted by atomic mass is 10.4. The monoisotopic (exact) mass is 386 g/mol. The number of nitrogens with one attached hydrogen (secondary N) is 1. The van der Waals surface area contributed by atoms with Crippen LogP contribution in [0, 0.1) is 6.92 Å². The molecule has 1 N–H and O–H groups in total. The van der Waals surface area contributed by atoms with Crippen LogP contribution in [0.15, 0.2) is 15.4 Å². The van der Waals surface area contributed by atoms with Gasteiger partial charge in [-0.1, -0.05) is 12.8 Å². The molecule has 2 heterocycles. The molecule has 0 radical (unpaired) electrons. The molecule has 0 aromatic carbocycles. The van der Waals surface area contributed by atoms with Crippen LogP contribution in [-0.4, -0.2) is 49.3 Å². The van der Waals surface area contributed by atoms with Crippen LogP contribution in [0.25, 0.3) is 0 Å². The Bertz CT molecular complexity index is 702. The lowest BCUT2D eigenvalue weighted by molar-refractivity contribution is 0.0927.